The van der Waals surface area contributed by atoms with Crippen molar-refractivity contribution in [3.05, 3.63) is 23.8 Å². The van der Waals surface area contributed by atoms with E-state index in [1.165, 1.54) is 11.8 Å². The van der Waals surface area contributed by atoms with Gasteiger partial charge in [0.1, 0.15) is 0 Å². The molecule has 2 heterocycles. The Kier molecular flexibility index (Phi) is 5.32. The largest absolute Gasteiger partial charge is 0.449 e. The van der Waals surface area contributed by atoms with Gasteiger partial charge in [-0.05, 0) is 43.9 Å². The van der Waals surface area contributed by atoms with Crippen LogP contribution >= 0.6 is 11.8 Å². The third kappa shape index (κ3) is 4.15. The molecule has 2 aliphatic rings. The molecule has 0 bridgehead atoms. The van der Waals surface area contributed by atoms with E-state index in [-0.39, 0.29) is 11.8 Å². The molecule has 6 nitrogen and oxygen atoms in total. The average Bonchev–Trinajstić information content (AvgIpc) is 2.61. The fraction of sp³-hybridized carbons (Fsp3) is 0.500. The van der Waals surface area contributed by atoms with E-state index < -0.39 is 12.1 Å². The van der Waals surface area contributed by atoms with Crippen LogP contribution in [0, 0.1) is 5.92 Å². The Bertz CT molecular complexity index is 698. The molecule has 25 heavy (non-hydrogen) atoms. The van der Waals surface area contributed by atoms with Crippen molar-refractivity contribution in [2.45, 2.75) is 37.7 Å². The Morgan fingerprint density at radius 2 is 2.04 bits per heavy atom. The van der Waals surface area contributed by atoms with Crippen molar-refractivity contribution in [3.63, 3.8) is 0 Å². The molecule has 0 radical (unpaired) electrons. The van der Waals surface area contributed by atoms with Crippen LogP contribution in [0.1, 0.15) is 37.0 Å². The molecule has 0 saturated carbocycles. The van der Waals surface area contributed by atoms with E-state index in [4.69, 9.17) is 4.74 Å². The number of anilines is 1. The van der Waals surface area contributed by atoms with Crippen molar-refractivity contribution in [2.75, 3.05) is 24.2 Å². The van der Waals surface area contributed by atoms with Crippen LogP contribution < -0.4 is 5.32 Å². The summed E-state index contributed by atoms with van der Waals surface area (Å²) in [5, 5.41) is 2.74. The molecule has 0 unspecified atom stereocenters. The molecule has 1 aromatic carbocycles. The van der Waals surface area contributed by atoms with Gasteiger partial charge in [-0.15, -0.1) is 11.8 Å². The van der Waals surface area contributed by atoms with Crippen LogP contribution in [0.25, 0.3) is 0 Å². The highest BCUT2D eigenvalue weighted by atomic mass is 32.2. The van der Waals surface area contributed by atoms with Crippen molar-refractivity contribution in [2.24, 2.45) is 5.92 Å². The van der Waals surface area contributed by atoms with Crippen LogP contribution in [0.2, 0.25) is 0 Å². The molecule has 1 saturated heterocycles. The fourth-order valence-corrected chi connectivity index (χ4v) is 3.76. The second-order valence-electron chi connectivity index (χ2n) is 6.60. The minimum Gasteiger partial charge on any atom is -0.449 e. The maximum absolute atomic E-state index is 12.4. The third-order valence-corrected chi connectivity index (χ3v) is 5.65. The topological polar surface area (TPSA) is 75.7 Å². The van der Waals surface area contributed by atoms with E-state index in [2.05, 4.69) is 12.2 Å². The zero-order chi connectivity index (χ0) is 18.0. The molecular formula is C18H22N2O4S. The van der Waals surface area contributed by atoms with Crippen LogP contribution in [0.5, 0.6) is 0 Å². The number of nitrogens with one attached hydrogen (secondary N) is 1. The molecule has 7 heteroatoms. The standard InChI is InChI=1S/C18H22N2O4S/c1-11-5-7-20(8-6-11)17(22)12(2)24-18(23)13-3-4-15-14(9-13)19-16(21)10-25-15/h3-4,9,11-12H,5-8,10H2,1-2H3,(H,19,21)/t12-/m1/s1. The average molecular weight is 362 g/mol. The molecule has 2 amide bonds. The number of carbonyl (C=O) groups excluding carboxylic acids is 3. The third-order valence-electron chi connectivity index (χ3n) is 4.58. The number of thioether (sulfide) groups is 1. The van der Waals surface area contributed by atoms with E-state index in [1.807, 2.05) is 0 Å². The van der Waals surface area contributed by atoms with Crippen LogP contribution in [0.3, 0.4) is 0 Å². The number of rotatable bonds is 3. The highest BCUT2D eigenvalue weighted by Crippen LogP contribution is 2.32. The lowest BCUT2D eigenvalue weighted by molar-refractivity contribution is -0.141. The van der Waals surface area contributed by atoms with E-state index in [0.717, 1.165) is 17.7 Å². The van der Waals surface area contributed by atoms with Crippen molar-refractivity contribution in [1.82, 2.24) is 4.90 Å². The molecule has 2 aliphatic heterocycles. The lowest BCUT2D eigenvalue weighted by Gasteiger charge is -2.31. The fourth-order valence-electron chi connectivity index (χ4n) is 2.98. The van der Waals surface area contributed by atoms with Crippen LogP contribution in [0.4, 0.5) is 5.69 Å². The normalized spacial score (nSPS) is 19.0. The van der Waals surface area contributed by atoms with Crippen LogP contribution in [-0.4, -0.2) is 47.6 Å². The zero-order valence-corrected chi connectivity index (χ0v) is 15.2. The summed E-state index contributed by atoms with van der Waals surface area (Å²) in [4.78, 5) is 38.9. The number of carbonyl (C=O) groups is 3. The lowest BCUT2D eigenvalue weighted by atomic mass is 9.99. The van der Waals surface area contributed by atoms with Gasteiger partial charge >= 0.3 is 5.97 Å². The van der Waals surface area contributed by atoms with E-state index >= 15 is 0 Å². The molecular weight excluding hydrogens is 340 g/mol. The minimum atomic E-state index is -0.819. The molecule has 3 rings (SSSR count). The number of hydrogen-bond donors (Lipinski definition) is 1. The number of amides is 2. The maximum atomic E-state index is 12.4. The smallest absolute Gasteiger partial charge is 0.338 e. The molecule has 1 aromatic rings. The van der Waals surface area contributed by atoms with Gasteiger partial charge in [0, 0.05) is 18.0 Å². The molecule has 1 N–H and O–H groups in total. The van der Waals surface area contributed by atoms with Gasteiger partial charge in [0.05, 0.1) is 17.0 Å². The van der Waals surface area contributed by atoms with Crippen LogP contribution in [-0.2, 0) is 14.3 Å². The first-order valence-electron chi connectivity index (χ1n) is 8.50. The van der Waals surface area contributed by atoms with Crippen molar-refractivity contribution in [1.29, 1.82) is 0 Å². The Labute approximate surface area is 151 Å². The van der Waals surface area contributed by atoms with Gasteiger partial charge in [0.15, 0.2) is 6.10 Å². The SMILES string of the molecule is CC1CCN(C(=O)[C@@H](C)OC(=O)c2ccc3c(c2)NC(=O)CS3)CC1. The summed E-state index contributed by atoms with van der Waals surface area (Å²) < 4.78 is 5.35. The van der Waals surface area contributed by atoms with Gasteiger partial charge in [0.25, 0.3) is 5.91 Å². The summed E-state index contributed by atoms with van der Waals surface area (Å²) in [6, 6.07) is 5.04. The van der Waals surface area contributed by atoms with Gasteiger partial charge < -0.3 is 15.0 Å². The Hall–Kier alpha value is -2.02. The van der Waals surface area contributed by atoms with E-state index in [9.17, 15) is 14.4 Å². The number of esters is 1. The zero-order valence-electron chi connectivity index (χ0n) is 14.4. The highest BCUT2D eigenvalue weighted by Gasteiger charge is 2.27. The first-order chi connectivity index (χ1) is 11.9. The van der Waals surface area contributed by atoms with E-state index in [1.54, 1.807) is 30.0 Å². The lowest BCUT2D eigenvalue weighted by Crippen LogP contribution is -2.44. The molecule has 134 valence electrons. The first kappa shape index (κ1) is 17.8. The van der Waals surface area contributed by atoms with Gasteiger partial charge in [-0.1, -0.05) is 6.92 Å². The number of ether oxygens (including phenoxy) is 1. The Balaban J connectivity index is 1.62. The first-order valence-corrected chi connectivity index (χ1v) is 9.49. The summed E-state index contributed by atoms with van der Waals surface area (Å²) >= 11 is 1.43. The number of likely N-dealkylation sites (tertiary alicyclic amines) is 1. The number of hydrogen-bond acceptors (Lipinski definition) is 5. The quantitative estimate of drug-likeness (QED) is 0.836. The highest BCUT2D eigenvalue weighted by molar-refractivity contribution is 8.00. The molecule has 0 aliphatic carbocycles. The van der Waals surface area contributed by atoms with Gasteiger partial charge in [0.2, 0.25) is 5.91 Å². The van der Waals surface area contributed by atoms with Crippen molar-refractivity contribution in [3.8, 4) is 0 Å². The summed E-state index contributed by atoms with van der Waals surface area (Å²) in [5.41, 5.74) is 0.938. The van der Waals surface area contributed by atoms with Crippen LogP contribution in [0.15, 0.2) is 23.1 Å². The molecule has 0 spiro atoms. The molecule has 1 atom stereocenters. The summed E-state index contributed by atoms with van der Waals surface area (Å²) in [6.45, 7) is 5.21. The Morgan fingerprint density at radius 3 is 2.76 bits per heavy atom. The minimum absolute atomic E-state index is 0.0918. The Morgan fingerprint density at radius 1 is 1.32 bits per heavy atom. The number of benzene rings is 1. The predicted octanol–water partition coefficient (Wildman–Crippen LogP) is 2.53. The van der Waals surface area contributed by atoms with Gasteiger partial charge in [-0.2, -0.15) is 0 Å². The number of fused-ring (bicyclic) bond motifs is 1. The predicted molar refractivity (Wildman–Crippen MR) is 95.7 cm³/mol. The number of piperidine rings is 1. The molecule has 0 aromatic heterocycles. The van der Waals surface area contributed by atoms with E-state index in [0.29, 0.717) is 36.0 Å². The maximum Gasteiger partial charge on any atom is 0.338 e. The van der Waals surface area contributed by atoms with Crippen molar-refractivity contribution >= 4 is 35.2 Å². The van der Waals surface area contributed by atoms with Gasteiger partial charge in [-0.25, -0.2) is 4.79 Å². The molecule has 1 fully saturated rings. The van der Waals surface area contributed by atoms with Gasteiger partial charge in [-0.3, -0.25) is 9.59 Å². The number of nitrogens with zero attached hydrogens (tertiary/aromatic N) is 1. The summed E-state index contributed by atoms with van der Waals surface area (Å²) in [5.74, 6) is 0.203. The monoisotopic (exact) mass is 362 g/mol. The second-order valence-corrected chi connectivity index (χ2v) is 7.62. The summed E-state index contributed by atoms with van der Waals surface area (Å²) in [7, 11) is 0. The van der Waals surface area contributed by atoms with Crippen molar-refractivity contribution < 1.29 is 19.1 Å². The summed E-state index contributed by atoms with van der Waals surface area (Å²) in [6.07, 6.45) is 1.14. The second kappa shape index (κ2) is 7.47.